The summed E-state index contributed by atoms with van der Waals surface area (Å²) in [6.45, 7) is 1.67. The highest BCUT2D eigenvalue weighted by atomic mass is 16.5. The smallest absolute Gasteiger partial charge is 0.306 e. The molecular formula is C18H17N3O4. The van der Waals surface area contributed by atoms with E-state index < -0.39 is 17.4 Å². The van der Waals surface area contributed by atoms with Crippen LogP contribution in [0.15, 0.2) is 41.5 Å². The minimum atomic E-state index is -0.664. The van der Waals surface area contributed by atoms with Crippen LogP contribution in [-0.4, -0.2) is 33.1 Å². The van der Waals surface area contributed by atoms with E-state index >= 15 is 0 Å². The van der Waals surface area contributed by atoms with Crippen molar-refractivity contribution in [2.45, 2.75) is 19.3 Å². The van der Waals surface area contributed by atoms with E-state index in [0.29, 0.717) is 22.3 Å². The summed E-state index contributed by atoms with van der Waals surface area (Å²) in [5.41, 5.74) is 2.23. The summed E-state index contributed by atoms with van der Waals surface area (Å²) >= 11 is 0. The molecule has 7 heteroatoms. The number of ether oxygens (including phenoxy) is 1. The first-order valence-electron chi connectivity index (χ1n) is 7.70. The monoisotopic (exact) mass is 339 g/mol. The van der Waals surface area contributed by atoms with Gasteiger partial charge in [-0.05, 0) is 30.7 Å². The van der Waals surface area contributed by atoms with Gasteiger partial charge in [-0.25, -0.2) is 0 Å². The average Bonchev–Trinajstić information content (AvgIpc) is 2.59. The molecule has 0 amide bonds. The standard InChI is InChI=1S/C18H17N3O4/c1-10-7-15(22)17(18(24)21-10)12(9-16(23)25-2)11-3-4-13-14(8-11)20-6-5-19-13/h3-8,12H,9H2,1-2H3,(H2,21,22,24). The van der Waals surface area contributed by atoms with Gasteiger partial charge in [-0.15, -0.1) is 0 Å². The van der Waals surface area contributed by atoms with Crippen LogP contribution in [0.5, 0.6) is 5.75 Å². The molecule has 0 aliphatic rings. The van der Waals surface area contributed by atoms with E-state index in [0.717, 1.165) is 0 Å². The zero-order valence-corrected chi connectivity index (χ0v) is 13.8. The van der Waals surface area contributed by atoms with Gasteiger partial charge in [0.2, 0.25) is 0 Å². The molecule has 0 aliphatic carbocycles. The summed E-state index contributed by atoms with van der Waals surface area (Å²) in [4.78, 5) is 35.4. The summed E-state index contributed by atoms with van der Waals surface area (Å²) in [5.74, 6) is -1.30. The van der Waals surface area contributed by atoms with E-state index in [-0.39, 0.29) is 17.7 Å². The van der Waals surface area contributed by atoms with Crippen molar-refractivity contribution in [1.29, 1.82) is 0 Å². The Morgan fingerprint density at radius 3 is 2.64 bits per heavy atom. The molecular weight excluding hydrogens is 322 g/mol. The second kappa shape index (κ2) is 6.72. The van der Waals surface area contributed by atoms with Crippen LogP contribution in [0, 0.1) is 6.92 Å². The van der Waals surface area contributed by atoms with Crippen molar-refractivity contribution in [2.75, 3.05) is 7.11 Å². The summed E-state index contributed by atoms with van der Waals surface area (Å²) < 4.78 is 4.75. The van der Waals surface area contributed by atoms with Crippen molar-refractivity contribution < 1.29 is 14.6 Å². The Balaban J connectivity index is 2.17. The lowest BCUT2D eigenvalue weighted by atomic mass is 9.88. The summed E-state index contributed by atoms with van der Waals surface area (Å²) in [5, 5.41) is 10.3. The SMILES string of the molecule is COC(=O)CC(c1ccc2nccnc2c1)c1c(O)cc(C)[nH]c1=O. The normalized spacial score (nSPS) is 12.1. The van der Waals surface area contributed by atoms with Crippen molar-refractivity contribution in [2.24, 2.45) is 0 Å². The number of nitrogens with one attached hydrogen (secondary N) is 1. The fraction of sp³-hybridized carbons (Fsp3) is 0.222. The molecule has 1 aromatic carbocycles. The third-order valence-electron chi connectivity index (χ3n) is 4.03. The van der Waals surface area contributed by atoms with Crippen LogP contribution >= 0.6 is 0 Å². The number of H-pyrrole nitrogens is 1. The Kier molecular flexibility index (Phi) is 4.47. The number of hydrogen-bond acceptors (Lipinski definition) is 6. The highest BCUT2D eigenvalue weighted by Crippen LogP contribution is 2.32. The number of aromatic hydroxyl groups is 1. The van der Waals surface area contributed by atoms with E-state index in [9.17, 15) is 14.7 Å². The Morgan fingerprint density at radius 2 is 1.96 bits per heavy atom. The molecule has 7 nitrogen and oxygen atoms in total. The Labute approximate surface area is 143 Å². The van der Waals surface area contributed by atoms with Gasteiger partial charge in [0, 0.05) is 24.0 Å². The quantitative estimate of drug-likeness (QED) is 0.705. The largest absolute Gasteiger partial charge is 0.507 e. The molecule has 0 fully saturated rings. The number of pyridine rings is 1. The topological polar surface area (TPSA) is 105 Å². The molecule has 25 heavy (non-hydrogen) atoms. The summed E-state index contributed by atoms with van der Waals surface area (Å²) in [7, 11) is 1.28. The molecule has 2 heterocycles. The fourth-order valence-corrected chi connectivity index (χ4v) is 2.85. The molecule has 0 aliphatic heterocycles. The van der Waals surface area contributed by atoms with Crippen LogP contribution in [0.4, 0.5) is 0 Å². The second-order valence-electron chi connectivity index (χ2n) is 5.72. The van der Waals surface area contributed by atoms with Gasteiger partial charge in [-0.2, -0.15) is 0 Å². The highest BCUT2D eigenvalue weighted by molar-refractivity contribution is 5.76. The number of nitrogens with zero attached hydrogens (tertiary/aromatic N) is 2. The third kappa shape index (κ3) is 3.35. The number of rotatable bonds is 4. The van der Waals surface area contributed by atoms with Crippen LogP contribution in [0.3, 0.4) is 0 Å². The van der Waals surface area contributed by atoms with Crippen molar-refractivity contribution in [3.63, 3.8) is 0 Å². The molecule has 128 valence electrons. The molecule has 3 rings (SSSR count). The first-order valence-corrected chi connectivity index (χ1v) is 7.70. The van der Waals surface area contributed by atoms with E-state index in [4.69, 9.17) is 4.74 Å². The predicted octanol–water partition coefficient (Wildman–Crippen LogP) is 2.03. The maximum Gasteiger partial charge on any atom is 0.306 e. The molecule has 0 spiro atoms. The van der Waals surface area contributed by atoms with Crippen molar-refractivity contribution in [1.82, 2.24) is 15.0 Å². The number of benzene rings is 1. The van der Waals surface area contributed by atoms with Crippen LogP contribution in [0.2, 0.25) is 0 Å². The minimum Gasteiger partial charge on any atom is -0.507 e. The maximum absolute atomic E-state index is 12.4. The van der Waals surface area contributed by atoms with E-state index in [1.165, 1.54) is 13.2 Å². The van der Waals surface area contributed by atoms with Gasteiger partial charge in [0.15, 0.2) is 0 Å². The number of fused-ring (bicyclic) bond motifs is 1. The first-order chi connectivity index (χ1) is 12.0. The van der Waals surface area contributed by atoms with Gasteiger partial charge in [-0.3, -0.25) is 19.6 Å². The lowest BCUT2D eigenvalue weighted by Crippen LogP contribution is -2.20. The molecule has 1 atom stereocenters. The predicted molar refractivity (Wildman–Crippen MR) is 91.5 cm³/mol. The summed E-state index contributed by atoms with van der Waals surface area (Å²) in [6, 6.07) is 6.75. The molecule has 0 saturated heterocycles. The number of carbonyl (C=O) groups is 1. The van der Waals surface area contributed by atoms with Gasteiger partial charge >= 0.3 is 5.97 Å². The first kappa shape index (κ1) is 16.6. The Hall–Kier alpha value is -3.22. The zero-order valence-electron chi connectivity index (χ0n) is 13.8. The number of hydrogen-bond donors (Lipinski definition) is 2. The van der Waals surface area contributed by atoms with Crippen LogP contribution in [0.25, 0.3) is 11.0 Å². The molecule has 3 aromatic rings. The van der Waals surface area contributed by atoms with Crippen LogP contribution < -0.4 is 5.56 Å². The second-order valence-corrected chi connectivity index (χ2v) is 5.72. The highest BCUT2D eigenvalue weighted by Gasteiger charge is 2.25. The number of aryl methyl sites for hydroxylation is 1. The number of esters is 1. The Morgan fingerprint density at radius 1 is 1.24 bits per heavy atom. The summed E-state index contributed by atoms with van der Waals surface area (Å²) in [6.07, 6.45) is 3.07. The maximum atomic E-state index is 12.4. The van der Waals surface area contributed by atoms with E-state index in [1.54, 1.807) is 37.5 Å². The zero-order chi connectivity index (χ0) is 18.0. The third-order valence-corrected chi connectivity index (χ3v) is 4.03. The number of methoxy groups -OCH3 is 1. The van der Waals surface area contributed by atoms with Gasteiger partial charge in [0.1, 0.15) is 5.75 Å². The van der Waals surface area contributed by atoms with Crippen molar-refractivity contribution in [3.05, 3.63) is 63.8 Å². The van der Waals surface area contributed by atoms with Crippen LogP contribution in [0.1, 0.15) is 29.2 Å². The van der Waals surface area contributed by atoms with Gasteiger partial charge < -0.3 is 14.8 Å². The van der Waals surface area contributed by atoms with Crippen LogP contribution in [-0.2, 0) is 9.53 Å². The van der Waals surface area contributed by atoms with Gasteiger partial charge in [0.25, 0.3) is 5.56 Å². The molecule has 2 N–H and O–H groups in total. The molecule has 1 unspecified atom stereocenters. The lowest BCUT2D eigenvalue weighted by Gasteiger charge is -2.18. The number of carbonyl (C=O) groups excluding carboxylic acids is 1. The number of aromatic nitrogens is 3. The Bertz CT molecular complexity index is 997. The average molecular weight is 339 g/mol. The minimum absolute atomic E-state index is 0.0814. The van der Waals surface area contributed by atoms with Gasteiger partial charge in [-0.1, -0.05) is 6.07 Å². The molecule has 0 bridgehead atoms. The van der Waals surface area contributed by atoms with Crippen molar-refractivity contribution in [3.8, 4) is 5.75 Å². The molecule has 2 aromatic heterocycles. The van der Waals surface area contributed by atoms with E-state index in [2.05, 4.69) is 15.0 Å². The fourth-order valence-electron chi connectivity index (χ4n) is 2.85. The number of aromatic amines is 1. The molecule has 0 radical (unpaired) electrons. The van der Waals surface area contributed by atoms with Gasteiger partial charge in [0.05, 0.1) is 30.1 Å². The lowest BCUT2D eigenvalue weighted by molar-refractivity contribution is -0.140. The van der Waals surface area contributed by atoms with Crippen molar-refractivity contribution >= 4 is 17.0 Å². The molecule has 0 saturated carbocycles. The van der Waals surface area contributed by atoms with E-state index in [1.807, 2.05) is 0 Å².